The molecule has 6 heteroatoms. The van der Waals surface area contributed by atoms with Crippen molar-refractivity contribution in [1.82, 2.24) is 10.2 Å². The van der Waals surface area contributed by atoms with E-state index in [0.717, 1.165) is 11.3 Å². The van der Waals surface area contributed by atoms with Crippen molar-refractivity contribution in [2.45, 2.75) is 39.8 Å². The lowest BCUT2D eigenvalue weighted by Crippen LogP contribution is -2.49. The number of carboxylic acids is 1. The lowest BCUT2D eigenvalue weighted by molar-refractivity contribution is -0.140. The Balaban J connectivity index is 2.64. The maximum Gasteiger partial charge on any atom is 0.326 e. The number of rotatable bonds is 6. The Hall–Kier alpha value is -1.98. The van der Waals surface area contributed by atoms with Gasteiger partial charge in [0.1, 0.15) is 11.8 Å². The second-order valence-corrected chi connectivity index (χ2v) is 5.01. The number of carboxylic acid groups (broad SMARTS) is 1. The van der Waals surface area contributed by atoms with E-state index in [1.54, 1.807) is 26.3 Å². The van der Waals surface area contributed by atoms with Gasteiger partial charge in [0.05, 0.1) is 12.8 Å². The van der Waals surface area contributed by atoms with Crippen LogP contribution in [-0.2, 0) is 11.3 Å². The van der Waals surface area contributed by atoms with Crippen molar-refractivity contribution in [1.29, 1.82) is 0 Å². The van der Waals surface area contributed by atoms with Gasteiger partial charge in [-0.1, -0.05) is 20.3 Å². The molecule has 0 saturated heterocycles. The fraction of sp³-hybridized carbons (Fsp3) is 0.571. The molecule has 0 unspecified atom stereocenters. The average Bonchev–Trinajstić information content (AvgIpc) is 2.79. The molecule has 2 amide bonds. The molecule has 0 aliphatic heterocycles. The van der Waals surface area contributed by atoms with Crippen LogP contribution in [0.4, 0.5) is 4.79 Å². The molecule has 0 aromatic carbocycles. The van der Waals surface area contributed by atoms with Crippen LogP contribution >= 0.6 is 0 Å². The van der Waals surface area contributed by atoms with Crippen molar-refractivity contribution in [3.05, 3.63) is 23.7 Å². The topological polar surface area (TPSA) is 82.8 Å². The minimum atomic E-state index is -1.01. The number of aliphatic carboxylic acids is 1. The van der Waals surface area contributed by atoms with Gasteiger partial charge in [-0.3, -0.25) is 0 Å². The van der Waals surface area contributed by atoms with Gasteiger partial charge in [-0.05, 0) is 18.9 Å². The van der Waals surface area contributed by atoms with Crippen molar-refractivity contribution in [2.24, 2.45) is 5.92 Å². The van der Waals surface area contributed by atoms with Gasteiger partial charge < -0.3 is 19.7 Å². The van der Waals surface area contributed by atoms with Gasteiger partial charge in [-0.15, -0.1) is 0 Å². The van der Waals surface area contributed by atoms with E-state index in [4.69, 9.17) is 9.52 Å². The molecule has 1 heterocycles. The zero-order valence-electron chi connectivity index (χ0n) is 12.3. The Labute approximate surface area is 118 Å². The lowest BCUT2D eigenvalue weighted by Gasteiger charge is -2.24. The third-order valence-electron chi connectivity index (χ3n) is 3.48. The molecule has 0 fully saturated rings. The predicted molar refractivity (Wildman–Crippen MR) is 74.3 cm³/mol. The summed E-state index contributed by atoms with van der Waals surface area (Å²) in [6.07, 6.45) is 2.25. The molecule has 1 rings (SSSR count). The van der Waals surface area contributed by atoms with Gasteiger partial charge in [0.15, 0.2) is 0 Å². The molecular formula is C14H22N2O4. The summed E-state index contributed by atoms with van der Waals surface area (Å²) < 4.78 is 5.17. The highest BCUT2D eigenvalue weighted by Gasteiger charge is 2.26. The maximum atomic E-state index is 12.0. The van der Waals surface area contributed by atoms with Gasteiger partial charge in [-0.25, -0.2) is 9.59 Å². The minimum absolute atomic E-state index is 0.125. The first kappa shape index (κ1) is 16.1. The summed E-state index contributed by atoms with van der Waals surface area (Å²) in [5, 5.41) is 11.7. The second kappa shape index (κ2) is 6.98. The molecule has 2 atom stereocenters. The van der Waals surface area contributed by atoms with Crippen molar-refractivity contribution in [2.75, 3.05) is 7.05 Å². The van der Waals surface area contributed by atoms with Gasteiger partial charge in [-0.2, -0.15) is 0 Å². The van der Waals surface area contributed by atoms with Crippen LogP contribution in [0.2, 0.25) is 0 Å². The highest BCUT2D eigenvalue weighted by atomic mass is 16.4. The lowest BCUT2D eigenvalue weighted by atomic mass is 9.99. The third-order valence-corrected chi connectivity index (χ3v) is 3.48. The molecule has 20 heavy (non-hydrogen) atoms. The number of carbonyl (C=O) groups excluding carboxylic acids is 1. The van der Waals surface area contributed by atoms with Crippen molar-refractivity contribution >= 4 is 12.0 Å². The van der Waals surface area contributed by atoms with Crippen LogP contribution in [0.5, 0.6) is 0 Å². The molecule has 0 bridgehead atoms. The largest absolute Gasteiger partial charge is 0.480 e. The van der Waals surface area contributed by atoms with Gasteiger partial charge in [0.2, 0.25) is 0 Å². The maximum absolute atomic E-state index is 12.0. The molecule has 0 saturated carbocycles. The van der Waals surface area contributed by atoms with Crippen LogP contribution in [0.1, 0.15) is 31.6 Å². The van der Waals surface area contributed by atoms with Crippen molar-refractivity contribution in [3.63, 3.8) is 0 Å². The number of nitrogens with one attached hydrogen (secondary N) is 1. The molecule has 0 aliphatic rings. The van der Waals surface area contributed by atoms with E-state index in [-0.39, 0.29) is 5.92 Å². The van der Waals surface area contributed by atoms with E-state index >= 15 is 0 Å². The fourth-order valence-electron chi connectivity index (χ4n) is 1.83. The Morgan fingerprint density at radius 1 is 1.50 bits per heavy atom. The summed E-state index contributed by atoms with van der Waals surface area (Å²) in [7, 11) is 1.62. The zero-order chi connectivity index (χ0) is 15.3. The molecule has 2 N–H and O–H groups in total. The van der Waals surface area contributed by atoms with E-state index in [9.17, 15) is 9.59 Å². The minimum Gasteiger partial charge on any atom is -0.480 e. The third kappa shape index (κ3) is 4.01. The molecular weight excluding hydrogens is 260 g/mol. The fourth-order valence-corrected chi connectivity index (χ4v) is 1.83. The molecule has 0 spiro atoms. The molecule has 1 aromatic heterocycles. The molecule has 6 nitrogen and oxygen atoms in total. The SMILES string of the molecule is CC[C@H](C)[C@H](NC(=O)N(C)Cc1ccoc1C)C(=O)O. The molecule has 112 valence electrons. The average molecular weight is 282 g/mol. The number of furan rings is 1. The molecule has 1 aromatic rings. The first-order valence-corrected chi connectivity index (χ1v) is 6.64. The Morgan fingerprint density at radius 2 is 2.15 bits per heavy atom. The van der Waals surface area contributed by atoms with Gasteiger partial charge in [0, 0.05) is 12.6 Å². The Bertz CT molecular complexity index is 469. The van der Waals surface area contributed by atoms with Crippen molar-refractivity contribution < 1.29 is 19.1 Å². The van der Waals surface area contributed by atoms with Crippen LogP contribution < -0.4 is 5.32 Å². The first-order chi connectivity index (χ1) is 9.36. The van der Waals surface area contributed by atoms with E-state index in [0.29, 0.717) is 13.0 Å². The molecule has 0 radical (unpaired) electrons. The van der Waals surface area contributed by atoms with Crippen LogP contribution in [-0.4, -0.2) is 35.1 Å². The highest BCUT2D eigenvalue weighted by molar-refractivity contribution is 5.82. The van der Waals surface area contributed by atoms with Gasteiger partial charge >= 0.3 is 12.0 Å². The summed E-state index contributed by atoms with van der Waals surface area (Å²) in [6, 6.07) is 0.515. The number of nitrogens with zero attached hydrogens (tertiary/aromatic N) is 1. The summed E-state index contributed by atoms with van der Waals surface area (Å²) in [6.45, 7) is 5.89. The normalized spacial score (nSPS) is 13.6. The summed E-state index contributed by atoms with van der Waals surface area (Å²) in [5.74, 6) is -0.387. The monoisotopic (exact) mass is 282 g/mol. The number of aryl methyl sites for hydroxylation is 1. The van der Waals surface area contributed by atoms with Gasteiger partial charge in [0.25, 0.3) is 0 Å². The summed E-state index contributed by atoms with van der Waals surface area (Å²) in [4.78, 5) is 24.7. The number of carbonyl (C=O) groups is 2. The first-order valence-electron chi connectivity index (χ1n) is 6.64. The van der Waals surface area contributed by atoms with E-state index < -0.39 is 18.0 Å². The van der Waals surface area contributed by atoms with E-state index in [2.05, 4.69) is 5.32 Å². The Morgan fingerprint density at radius 3 is 2.60 bits per heavy atom. The Kier molecular flexibility index (Phi) is 5.61. The summed E-state index contributed by atoms with van der Waals surface area (Å²) >= 11 is 0. The highest BCUT2D eigenvalue weighted by Crippen LogP contribution is 2.12. The van der Waals surface area contributed by atoms with Crippen molar-refractivity contribution in [3.8, 4) is 0 Å². The van der Waals surface area contributed by atoms with E-state index in [1.807, 2.05) is 13.8 Å². The number of amides is 2. The number of urea groups is 1. The second-order valence-electron chi connectivity index (χ2n) is 5.01. The standard InChI is InChI=1S/C14H22N2O4/c1-5-9(2)12(13(17)18)15-14(19)16(4)8-11-6-7-20-10(11)3/h6-7,9,12H,5,8H2,1-4H3,(H,15,19)(H,17,18)/t9-,12-/m0/s1. The number of hydrogen-bond donors (Lipinski definition) is 2. The van der Waals surface area contributed by atoms with E-state index in [1.165, 1.54) is 4.90 Å². The van der Waals surface area contributed by atoms with Crippen LogP contribution in [0.15, 0.2) is 16.7 Å². The molecule has 0 aliphatic carbocycles. The van der Waals surface area contributed by atoms with Crippen LogP contribution in [0.3, 0.4) is 0 Å². The predicted octanol–water partition coefficient (Wildman–Crippen LogP) is 2.23. The van der Waals surface area contributed by atoms with Crippen LogP contribution in [0, 0.1) is 12.8 Å². The summed E-state index contributed by atoms with van der Waals surface area (Å²) in [5.41, 5.74) is 0.901. The smallest absolute Gasteiger partial charge is 0.326 e. The van der Waals surface area contributed by atoms with Crippen LogP contribution in [0.25, 0.3) is 0 Å². The quantitative estimate of drug-likeness (QED) is 0.838. The number of hydrogen-bond acceptors (Lipinski definition) is 3. The zero-order valence-corrected chi connectivity index (χ0v) is 12.3.